The number of thiophene rings is 1. The molecule has 0 unspecified atom stereocenters. The van der Waals surface area contributed by atoms with Crippen molar-refractivity contribution in [3.05, 3.63) is 16.3 Å². The van der Waals surface area contributed by atoms with Crippen LogP contribution in [-0.2, 0) is 0 Å². The van der Waals surface area contributed by atoms with E-state index in [2.05, 4.69) is 0 Å². The maximum atomic E-state index is 12.1. The number of aliphatic hydroxyl groups is 1. The quantitative estimate of drug-likeness (QED) is 0.884. The van der Waals surface area contributed by atoms with Gasteiger partial charge < -0.3 is 14.7 Å². The third-order valence-corrected chi connectivity index (χ3v) is 4.47. The minimum Gasteiger partial charge on any atom is -0.496 e. The lowest BCUT2D eigenvalue weighted by Gasteiger charge is -2.46. The van der Waals surface area contributed by atoms with Gasteiger partial charge in [0.2, 0.25) is 0 Å². The maximum Gasteiger partial charge on any atom is 0.264 e. The largest absolute Gasteiger partial charge is 0.496 e. The van der Waals surface area contributed by atoms with Gasteiger partial charge in [0.25, 0.3) is 5.91 Å². The van der Waals surface area contributed by atoms with E-state index in [1.54, 1.807) is 18.1 Å². The highest BCUT2D eigenvalue weighted by Crippen LogP contribution is 2.45. The number of hydrogen-bond donors (Lipinski definition) is 1. The van der Waals surface area contributed by atoms with Crippen LogP contribution in [0.25, 0.3) is 0 Å². The van der Waals surface area contributed by atoms with Gasteiger partial charge in [0.15, 0.2) is 0 Å². The van der Waals surface area contributed by atoms with E-state index in [-0.39, 0.29) is 5.91 Å². The normalized spacial score (nSPS) is 22.1. The molecule has 2 heterocycles. The van der Waals surface area contributed by atoms with E-state index in [9.17, 15) is 9.90 Å². The summed E-state index contributed by atoms with van der Waals surface area (Å²) in [5, 5.41) is 12.0. The Labute approximate surface area is 104 Å². The number of carbonyl (C=O) groups excluding carboxylic acids is 1. The third-order valence-electron chi connectivity index (χ3n) is 3.58. The fourth-order valence-corrected chi connectivity index (χ4v) is 3.15. The molecule has 1 N–H and O–H groups in total. The molecule has 1 saturated heterocycles. The number of likely N-dealkylation sites (tertiary alicyclic amines) is 1. The van der Waals surface area contributed by atoms with Gasteiger partial charge in [-0.2, -0.15) is 0 Å². The molecule has 1 aliphatic carbocycles. The van der Waals surface area contributed by atoms with E-state index in [0.29, 0.717) is 23.9 Å². The van der Waals surface area contributed by atoms with Gasteiger partial charge in [0, 0.05) is 11.4 Å². The molecule has 0 atom stereocenters. The zero-order valence-corrected chi connectivity index (χ0v) is 10.5. The molecule has 3 rings (SSSR count). The number of carbonyl (C=O) groups is 1. The van der Waals surface area contributed by atoms with E-state index in [1.807, 2.05) is 5.38 Å². The molecule has 4 nitrogen and oxygen atoms in total. The zero-order chi connectivity index (χ0) is 12.0. The Hall–Kier alpha value is -1.07. The monoisotopic (exact) mass is 253 g/mol. The highest BCUT2D eigenvalue weighted by Gasteiger charge is 2.53. The van der Waals surface area contributed by atoms with Gasteiger partial charge in [-0.05, 0) is 18.8 Å². The summed E-state index contributed by atoms with van der Waals surface area (Å²) in [5.74, 6) is 1.14. The smallest absolute Gasteiger partial charge is 0.264 e. The van der Waals surface area contributed by atoms with Crippen LogP contribution in [-0.4, -0.2) is 41.7 Å². The van der Waals surface area contributed by atoms with Crippen molar-refractivity contribution in [2.45, 2.75) is 18.4 Å². The van der Waals surface area contributed by atoms with Gasteiger partial charge in [-0.3, -0.25) is 4.79 Å². The third kappa shape index (κ3) is 1.83. The van der Waals surface area contributed by atoms with Crippen molar-refractivity contribution in [1.29, 1.82) is 0 Å². The fourth-order valence-electron chi connectivity index (χ4n) is 2.33. The molecule has 17 heavy (non-hydrogen) atoms. The van der Waals surface area contributed by atoms with Crippen molar-refractivity contribution in [3.8, 4) is 5.75 Å². The lowest BCUT2D eigenvalue weighted by Crippen LogP contribution is -2.64. The second-order valence-electron chi connectivity index (χ2n) is 4.89. The summed E-state index contributed by atoms with van der Waals surface area (Å²) in [4.78, 5) is 14.4. The molecular weight excluding hydrogens is 238 g/mol. The minimum atomic E-state index is -0.600. The molecule has 5 heteroatoms. The predicted molar refractivity (Wildman–Crippen MR) is 64.4 cm³/mol. The Morgan fingerprint density at radius 1 is 1.59 bits per heavy atom. The van der Waals surface area contributed by atoms with E-state index in [4.69, 9.17) is 4.74 Å². The molecule has 0 radical (unpaired) electrons. The highest BCUT2D eigenvalue weighted by atomic mass is 32.1. The Morgan fingerprint density at radius 2 is 2.29 bits per heavy atom. The van der Waals surface area contributed by atoms with Gasteiger partial charge in [-0.15, -0.1) is 11.3 Å². The zero-order valence-electron chi connectivity index (χ0n) is 9.68. The summed E-state index contributed by atoms with van der Waals surface area (Å²) in [5.41, 5.74) is -0.600. The Bertz CT molecular complexity index is 446. The van der Waals surface area contributed by atoms with Crippen LogP contribution in [0.1, 0.15) is 22.5 Å². The summed E-state index contributed by atoms with van der Waals surface area (Å²) in [6, 6.07) is 1.75. The topological polar surface area (TPSA) is 49.8 Å². The van der Waals surface area contributed by atoms with Crippen LogP contribution in [0.2, 0.25) is 0 Å². The number of ether oxygens (including phenoxy) is 1. The molecule has 1 saturated carbocycles. The number of methoxy groups -OCH3 is 1. The average molecular weight is 253 g/mol. The summed E-state index contributed by atoms with van der Waals surface area (Å²) in [7, 11) is 1.59. The molecular formula is C12H15NO3S. The van der Waals surface area contributed by atoms with Crippen LogP contribution in [0.15, 0.2) is 11.4 Å². The molecule has 2 aliphatic rings. The second kappa shape index (κ2) is 3.71. The molecule has 0 bridgehead atoms. The molecule has 92 valence electrons. The Balaban J connectivity index is 1.64. The standard InChI is InChI=1S/C12H15NO3S/c1-16-9-4-10(17-5-9)11(14)13-6-12(15,7-13)8-2-3-8/h4-5,8,15H,2-3,6-7H2,1H3. The summed E-state index contributed by atoms with van der Waals surface area (Å²) < 4.78 is 5.06. The minimum absolute atomic E-state index is 0.00336. The molecule has 1 aliphatic heterocycles. The van der Waals surface area contributed by atoms with E-state index >= 15 is 0 Å². The molecule has 1 amide bonds. The lowest BCUT2D eigenvalue weighted by atomic mass is 9.88. The number of rotatable bonds is 3. The van der Waals surface area contributed by atoms with Crippen LogP contribution in [0, 0.1) is 5.92 Å². The summed E-state index contributed by atoms with van der Waals surface area (Å²) in [6.45, 7) is 0.966. The molecule has 0 aromatic carbocycles. The first kappa shape index (κ1) is 11.0. The van der Waals surface area contributed by atoms with Crippen molar-refractivity contribution in [1.82, 2.24) is 4.90 Å². The lowest BCUT2D eigenvalue weighted by molar-refractivity contribution is -0.0956. The number of hydrogen-bond acceptors (Lipinski definition) is 4. The van der Waals surface area contributed by atoms with Crippen LogP contribution < -0.4 is 4.74 Å². The van der Waals surface area contributed by atoms with Crippen LogP contribution in [0.5, 0.6) is 5.75 Å². The van der Waals surface area contributed by atoms with Gasteiger partial charge in [-0.25, -0.2) is 0 Å². The first-order valence-corrected chi connectivity index (χ1v) is 6.64. The van der Waals surface area contributed by atoms with Crippen LogP contribution in [0.3, 0.4) is 0 Å². The average Bonchev–Trinajstić information content (AvgIpc) is 3.02. The van der Waals surface area contributed by atoms with Gasteiger partial charge in [0.05, 0.1) is 25.1 Å². The first-order chi connectivity index (χ1) is 8.12. The van der Waals surface area contributed by atoms with Gasteiger partial charge >= 0.3 is 0 Å². The van der Waals surface area contributed by atoms with Crippen molar-refractivity contribution < 1.29 is 14.6 Å². The van der Waals surface area contributed by atoms with Gasteiger partial charge in [-0.1, -0.05) is 0 Å². The first-order valence-electron chi connectivity index (χ1n) is 5.76. The second-order valence-corrected chi connectivity index (χ2v) is 5.80. The van der Waals surface area contributed by atoms with Crippen LogP contribution >= 0.6 is 11.3 Å². The molecule has 1 aromatic rings. The highest BCUT2D eigenvalue weighted by molar-refractivity contribution is 7.12. The molecule has 2 fully saturated rings. The van der Waals surface area contributed by atoms with Crippen molar-refractivity contribution in [3.63, 3.8) is 0 Å². The predicted octanol–water partition coefficient (Wildman–Crippen LogP) is 1.35. The van der Waals surface area contributed by atoms with E-state index in [1.165, 1.54) is 11.3 Å². The van der Waals surface area contributed by atoms with Crippen LogP contribution in [0.4, 0.5) is 0 Å². The van der Waals surface area contributed by atoms with E-state index < -0.39 is 5.60 Å². The van der Waals surface area contributed by atoms with Gasteiger partial charge in [0.1, 0.15) is 11.4 Å². The summed E-state index contributed by atoms with van der Waals surface area (Å²) in [6.07, 6.45) is 2.21. The number of nitrogens with zero attached hydrogens (tertiary/aromatic N) is 1. The van der Waals surface area contributed by atoms with E-state index in [0.717, 1.165) is 18.6 Å². The SMILES string of the molecule is COc1csc(C(=O)N2CC(O)(C3CC3)C2)c1. The fraction of sp³-hybridized carbons (Fsp3) is 0.583. The number of amides is 1. The molecule has 0 spiro atoms. The number of β-amino-alcohol motifs (C(OH)–C–C–N with tert-alkyl or cyclic N) is 1. The Kier molecular flexibility index (Phi) is 2.41. The molecule has 1 aromatic heterocycles. The Morgan fingerprint density at radius 3 is 2.82 bits per heavy atom. The summed E-state index contributed by atoms with van der Waals surface area (Å²) >= 11 is 1.39. The van der Waals surface area contributed by atoms with Crippen molar-refractivity contribution in [2.75, 3.05) is 20.2 Å². The maximum absolute atomic E-state index is 12.1. The van der Waals surface area contributed by atoms with Crippen molar-refractivity contribution in [2.24, 2.45) is 5.92 Å². The van der Waals surface area contributed by atoms with Crippen molar-refractivity contribution >= 4 is 17.2 Å².